The van der Waals surface area contributed by atoms with Crippen LogP contribution in [-0.4, -0.2) is 14.5 Å². The Morgan fingerprint density at radius 2 is 1.81 bits per heavy atom. The van der Waals surface area contributed by atoms with Gasteiger partial charge in [0.1, 0.15) is 5.82 Å². The van der Waals surface area contributed by atoms with Crippen molar-refractivity contribution in [3.05, 3.63) is 57.7 Å². The van der Waals surface area contributed by atoms with Crippen LogP contribution in [0.25, 0.3) is 0 Å². The van der Waals surface area contributed by atoms with E-state index >= 15 is 0 Å². The van der Waals surface area contributed by atoms with Gasteiger partial charge in [-0.05, 0) is 5.56 Å². The van der Waals surface area contributed by atoms with Gasteiger partial charge in [-0.1, -0.05) is 39.8 Å². The number of benzene rings is 1. The van der Waals surface area contributed by atoms with Gasteiger partial charge in [0.2, 0.25) is 0 Å². The van der Waals surface area contributed by atoms with Gasteiger partial charge in [-0.25, -0.2) is 4.98 Å². The number of imidazole rings is 1. The Morgan fingerprint density at radius 3 is 2.24 bits per heavy atom. The number of rotatable bonds is 4. The van der Waals surface area contributed by atoms with Crippen LogP contribution >= 0.6 is 0 Å². The van der Waals surface area contributed by atoms with E-state index in [9.17, 15) is 10.1 Å². The van der Waals surface area contributed by atoms with Crippen molar-refractivity contribution in [1.82, 2.24) is 9.55 Å². The number of nitrogens with zero attached hydrogens (tertiary/aromatic N) is 3. The van der Waals surface area contributed by atoms with Crippen LogP contribution in [0, 0.1) is 10.1 Å². The Labute approximate surface area is 124 Å². The van der Waals surface area contributed by atoms with Crippen molar-refractivity contribution in [2.75, 3.05) is 0 Å². The van der Waals surface area contributed by atoms with E-state index in [1.165, 1.54) is 0 Å². The number of hydrogen-bond acceptors (Lipinski definition) is 3. The second-order valence-corrected chi connectivity index (χ2v) is 6.18. The van der Waals surface area contributed by atoms with Crippen LogP contribution in [-0.2, 0) is 12.5 Å². The largest absolute Gasteiger partial charge is 0.337 e. The van der Waals surface area contributed by atoms with Crippen molar-refractivity contribution in [3.8, 4) is 0 Å². The fourth-order valence-electron chi connectivity index (χ4n) is 2.47. The lowest BCUT2D eigenvalue weighted by Gasteiger charge is -2.23. The van der Waals surface area contributed by atoms with Gasteiger partial charge < -0.3 is 4.57 Å². The zero-order valence-electron chi connectivity index (χ0n) is 13.1. The molecule has 0 aliphatic heterocycles. The molecule has 5 nitrogen and oxygen atoms in total. The molecule has 0 amide bonds. The first-order valence-corrected chi connectivity index (χ1v) is 7.02. The fraction of sp³-hybridized carbons (Fsp3) is 0.438. The standard InChI is InChI=1S/C16H21N3O2/c1-11(2)15-17-14(10-18(15)5)16(3,4)12-6-8-13(9-7-12)19(20)21/h6-11H,1-5H3. The minimum absolute atomic E-state index is 0.110. The average molecular weight is 287 g/mol. The van der Waals surface area contributed by atoms with Gasteiger partial charge in [0.05, 0.1) is 10.6 Å². The smallest absolute Gasteiger partial charge is 0.269 e. The highest BCUT2D eigenvalue weighted by molar-refractivity contribution is 5.40. The molecule has 21 heavy (non-hydrogen) atoms. The zero-order valence-corrected chi connectivity index (χ0v) is 13.1. The molecule has 0 unspecified atom stereocenters. The van der Waals surface area contributed by atoms with Crippen LogP contribution in [0.4, 0.5) is 5.69 Å². The van der Waals surface area contributed by atoms with E-state index in [-0.39, 0.29) is 16.0 Å². The molecule has 1 heterocycles. The van der Waals surface area contributed by atoms with Gasteiger partial charge in [-0.3, -0.25) is 10.1 Å². The van der Waals surface area contributed by atoms with E-state index in [0.717, 1.165) is 17.1 Å². The Kier molecular flexibility index (Phi) is 3.85. The maximum absolute atomic E-state index is 10.7. The maximum atomic E-state index is 10.7. The first kappa shape index (κ1) is 15.2. The van der Waals surface area contributed by atoms with Crippen molar-refractivity contribution < 1.29 is 4.92 Å². The first-order chi connectivity index (χ1) is 9.73. The number of nitro groups is 1. The molecule has 1 aromatic carbocycles. The van der Waals surface area contributed by atoms with Gasteiger partial charge in [0.25, 0.3) is 5.69 Å². The van der Waals surface area contributed by atoms with Gasteiger partial charge in [-0.15, -0.1) is 0 Å². The Bertz CT molecular complexity index is 655. The number of nitro benzene ring substituents is 1. The predicted molar refractivity (Wildman–Crippen MR) is 82.5 cm³/mol. The van der Waals surface area contributed by atoms with Gasteiger partial charge >= 0.3 is 0 Å². The number of non-ortho nitro benzene ring substituents is 1. The molecule has 112 valence electrons. The summed E-state index contributed by atoms with van der Waals surface area (Å²) in [6.07, 6.45) is 2.04. The molecular weight excluding hydrogens is 266 g/mol. The van der Waals surface area contributed by atoms with Crippen molar-refractivity contribution >= 4 is 5.69 Å². The van der Waals surface area contributed by atoms with Gasteiger partial charge in [0.15, 0.2) is 0 Å². The Balaban J connectivity index is 2.41. The molecule has 0 saturated carbocycles. The quantitative estimate of drug-likeness (QED) is 0.635. The molecule has 0 bridgehead atoms. The lowest BCUT2D eigenvalue weighted by Crippen LogP contribution is -2.19. The molecule has 0 radical (unpaired) electrons. The first-order valence-electron chi connectivity index (χ1n) is 7.02. The zero-order chi connectivity index (χ0) is 15.8. The lowest BCUT2D eigenvalue weighted by atomic mass is 9.82. The van der Waals surface area contributed by atoms with Crippen molar-refractivity contribution in [2.24, 2.45) is 7.05 Å². The minimum Gasteiger partial charge on any atom is -0.337 e. The maximum Gasteiger partial charge on any atom is 0.269 e. The summed E-state index contributed by atoms with van der Waals surface area (Å²) in [6.45, 7) is 8.40. The van der Waals surface area contributed by atoms with Crippen LogP contribution in [0.5, 0.6) is 0 Å². The Morgan fingerprint density at radius 1 is 1.24 bits per heavy atom. The average Bonchev–Trinajstić information content (AvgIpc) is 2.82. The summed E-state index contributed by atoms with van der Waals surface area (Å²) >= 11 is 0. The fourth-order valence-corrected chi connectivity index (χ4v) is 2.47. The monoisotopic (exact) mass is 287 g/mol. The van der Waals surface area contributed by atoms with E-state index in [0.29, 0.717) is 5.92 Å². The highest BCUT2D eigenvalue weighted by atomic mass is 16.6. The second-order valence-electron chi connectivity index (χ2n) is 6.18. The number of hydrogen-bond donors (Lipinski definition) is 0. The molecule has 0 atom stereocenters. The number of aryl methyl sites for hydroxylation is 1. The highest BCUT2D eigenvalue weighted by Crippen LogP contribution is 2.32. The van der Waals surface area contributed by atoms with E-state index in [1.54, 1.807) is 12.1 Å². The van der Waals surface area contributed by atoms with Crippen molar-refractivity contribution in [3.63, 3.8) is 0 Å². The topological polar surface area (TPSA) is 61.0 Å². The normalized spacial score (nSPS) is 11.9. The molecular formula is C16H21N3O2. The molecule has 0 N–H and O–H groups in total. The Hall–Kier alpha value is -2.17. The summed E-state index contributed by atoms with van der Waals surface area (Å²) in [5, 5.41) is 10.7. The van der Waals surface area contributed by atoms with E-state index in [2.05, 4.69) is 27.7 Å². The molecule has 0 saturated heterocycles. The summed E-state index contributed by atoms with van der Waals surface area (Å²) < 4.78 is 2.05. The van der Waals surface area contributed by atoms with Crippen LogP contribution in [0.3, 0.4) is 0 Å². The summed E-state index contributed by atoms with van der Waals surface area (Å²) in [4.78, 5) is 15.1. The molecule has 5 heteroatoms. The molecule has 1 aromatic heterocycles. The molecule has 0 aliphatic carbocycles. The predicted octanol–water partition coefficient (Wildman–Crippen LogP) is 3.78. The van der Waals surface area contributed by atoms with Crippen LogP contribution in [0.2, 0.25) is 0 Å². The molecule has 0 spiro atoms. The molecule has 2 aromatic rings. The summed E-state index contributed by atoms with van der Waals surface area (Å²) in [7, 11) is 2.00. The summed E-state index contributed by atoms with van der Waals surface area (Å²) in [6, 6.07) is 6.70. The van der Waals surface area contributed by atoms with Crippen LogP contribution in [0.15, 0.2) is 30.5 Å². The van der Waals surface area contributed by atoms with Crippen molar-refractivity contribution in [1.29, 1.82) is 0 Å². The van der Waals surface area contributed by atoms with E-state index in [4.69, 9.17) is 4.98 Å². The van der Waals surface area contributed by atoms with Gasteiger partial charge in [-0.2, -0.15) is 0 Å². The van der Waals surface area contributed by atoms with E-state index in [1.807, 2.05) is 29.9 Å². The SMILES string of the molecule is CC(C)c1nc(C(C)(C)c2ccc([N+](=O)[O-])cc2)cn1C. The van der Waals surface area contributed by atoms with Crippen LogP contribution < -0.4 is 0 Å². The van der Waals surface area contributed by atoms with Crippen molar-refractivity contribution in [2.45, 2.75) is 39.0 Å². The van der Waals surface area contributed by atoms with E-state index < -0.39 is 0 Å². The molecule has 2 rings (SSSR count). The highest BCUT2D eigenvalue weighted by Gasteiger charge is 2.27. The summed E-state index contributed by atoms with van der Waals surface area (Å²) in [5.74, 6) is 1.40. The molecule has 0 aliphatic rings. The summed E-state index contributed by atoms with van der Waals surface area (Å²) in [5.41, 5.74) is 1.81. The lowest BCUT2D eigenvalue weighted by molar-refractivity contribution is -0.384. The minimum atomic E-state index is -0.381. The third-order valence-corrected chi connectivity index (χ3v) is 3.87. The van der Waals surface area contributed by atoms with Crippen LogP contribution in [0.1, 0.15) is 50.7 Å². The third-order valence-electron chi connectivity index (χ3n) is 3.87. The molecule has 0 fully saturated rings. The van der Waals surface area contributed by atoms with Gasteiger partial charge in [0, 0.05) is 36.7 Å². The second kappa shape index (κ2) is 5.31. The number of aromatic nitrogens is 2. The third kappa shape index (κ3) is 2.82.